The number of likely N-dealkylation sites (tertiary alicyclic amines) is 1. The van der Waals surface area contributed by atoms with E-state index in [4.69, 9.17) is 4.74 Å². The molecule has 4 aliphatic heterocycles. The second-order valence-corrected chi connectivity index (χ2v) is 15.6. The van der Waals surface area contributed by atoms with Crippen molar-refractivity contribution < 1.29 is 37.9 Å². The van der Waals surface area contributed by atoms with E-state index in [0.717, 1.165) is 54.9 Å². The van der Waals surface area contributed by atoms with Crippen molar-refractivity contribution in [3.05, 3.63) is 58.7 Å². The highest BCUT2D eigenvalue weighted by atomic mass is 32.1. The van der Waals surface area contributed by atoms with Gasteiger partial charge in [0.25, 0.3) is 5.91 Å². The van der Waals surface area contributed by atoms with Crippen molar-refractivity contribution in [1.29, 1.82) is 0 Å². The van der Waals surface area contributed by atoms with E-state index >= 15 is 0 Å². The van der Waals surface area contributed by atoms with Crippen LogP contribution in [0.1, 0.15) is 64.7 Å². The molecule has 0 bridgehead atoms. The summed E-state index contributed by atoms with van der Waals surface area (Å²) in [5.74, 6) is -3.06. The van der Waals surface area contributed by atoms with E-state index < -0.39 is 31.5 Å². The van der Waals surface area contributed by atoms with Crippen molar-refractivity contribution in [3.63, 3.8) is 0 Å². The number of hydrogen-bond donors (Lipinski definition) is 3. The van der Waals surface area contributed by atoms with Crippen LogP contribution in [0.3, 0.4) is 0 Å². The van der Waals surface area contributed by atoms with E-state index in [1.165, 1.54) is 24.3 Å². The van der Waals surface area contributed by atoms with Crippen LogP contribution in [0.4, 0.5) is 10.1 Å². The molecule has 3 aromatic rings. The second kappa shape index (κ2) is 12.6. The lowest BCUT2D eigenvalue weighted by Gasteiger charge is -2.45. The number of ether oxygens (including phenoxy) is 1. The van der Waals surface area contributed by atoms with Gasteiger partial charge in [0, 0.05) is 73.6 Å². The molecule has 0 spiro atoms. The zero-order valence-electron chi connectivity index (χ0n) is 25.8. The van der Waals surface area contributed by atoms with Gasteiger partial charge in [-0.05, 0) is 67.3 Å². The molecule has 1 aromatic carbocycles. The highest BCUT2D eigenvalue weighted by molar-refractivity contribution is 7.51. The minimum absolute atomic E-state index is 0.0501. The van der Waals surface area contributed by atoms with Crippen molar-refractivity contribution in [3.8, 4) is 0 Å². The Bertz CT molecular complexity index is 1760. The number of thiophene rings is 1. The number of nitrogens with one attached hydrogen (secondary N) is 1. The fourth-order valence-corrected chi connectivity index (χ4v) is 8.83. The first-order chi connectivity index (χ1) is 22.5. The first-order valence-corrected chi connectivity index (χ1v) is 18.4. The summed E-state index contributed by atoms with van der Waals surface area (Å²) in [4.78, 5) is 70.0. The number of rotatable bonds is 8. The van der Waals surface area contributed by atoms with E-state index in [1.807, 2.05) is 17.2 Å². The number of alkyl halides is 1. The van der Waals surface area contributed by atoms with Crippen LogP contribution in [0, 0.1) is 0 Å². The summed E-state index contributed by atoms with van der Waals surface area (Å²) >= 11 is 1.15. The SMILES string of the molecule is COC1CN(c2ccncc2C2CN(C(=O)[C@@H]3CC[C@@H]4CCC[C@H](NC(=O)c5cc6cc([C@@H](F)P(=O)(O)O)ccc6s5)C(=O)N43)C2)C1. The van der Waals surface area contributed by atoms with Gasteiger partial charge < -0.3 is 34.5 Å². The Kier molecular flexibility index (Phi) is 8.58. The third-order valence-electron chi connectivity index (χ3n) is 9.99. The fraction of sp³-hybridized carbons (Fsp3) is 0.500. The first-order valence-electron chi connectivity index (χ1n) is 15.9. The van der Waals surface area contributed by atoms with Crippen molar-refractivity contribution in [1.82, 2.24) is 20.1 Å². The Hall–Kier alpha value is -3.42. The Morgan fingerprint density at radius 1 is 1.11 bits per heavy atom. The van der Waals surface area contributed by atoms with Crippen LogP contribution >= 0.6 is 18.9 Å². The number of methoxy groups -OCH3 is 1. The Labute approximate surface area is 275 Å². The van der Waals surface area contributed by atoms with Crippen LogP contribution in [0.5, 0.6) is 0 Å². The molecule has 3 amide bonds. The number of fused-ring (bicyclic) bond motifs is 2. The second-order valence-electron chi connectivity index (χ2n) is 12.9. The van der Waals surface area contributed by atoms with Crippen molar-refractivity contribution in [2.45, 2.75) is 68.2 Å². The number of halogens is 1. The third-order valence-corrected chi connectivity index (χ3v) is 12.0. The van der Waals surface area contributed by atoms with Gasteiger partial charge in [0.05, 0.1) is 11.0 Å². The van der Waals surface area contributed by atoms with Crippen LogP contribution in [-0.2, 0) is 18.9 Å². The van der Waals surface area contributed by atoms with Gasteiger partial charge in [0.15, 0.2) is 0 Å². The standard InChI is InChI=1S/C32H37FN5O7PS/c1-45-22-16-36(17-22)25-9-10-34-13-23(25)20-14-37(15-20)32(41)26-7-6-21-3-2-4-24(31(40)38(21)26)35-30(39)28-12-19-11-18(5-8-27(19)47-28)29(33)46(42,43)44/h5,8-13,20-22,24,26,29H,2-4,6-7,14-17H2,1H3,(H,35,39)(H2,42,43,44)/t21-,24-,26-,29-/m0/s1. The number of carbonyl (C=O) groups excluding carboxylic acids is 3. The molecular formula is C32H37FN5O7PS. The van der Waals surface area contributed by atoms with Gasteiger partial charge in [-0.1, -0.05) is 6.07 Å². The fourth-order valence-electron chi connectivity index (χ4n) is 7.33. The molecular weight excluding hydrogens is 648 g/mol. The lowest BCUT2D eigenvalue weighted by Crippen LogP contribution is -2.59. The molecule has 4 saturated heterocycles. The highest BCUT2D eigenvalue weighted by Crippen LogP contribution is 2.53. The molecule has 4 fully saturated rings. The van der Waals surface area contributed by atoms with E-state index in [0.29, 0.717) is 40.9 Å². The molecule has 250 valence electrons. The normalized spacial score (nSPS) is 24.5. The lowest BCUT2D eigenvalue weighted by molar-refractivity contribution is -0.148. The van der Waals surface area contributed by atoms with Gasteiger partial charge in [0.2, 0.25) is 17.7 Å². The molecule has 4 aliphatic rings. The van der Waals surface area contributed by atoms with Gasteiger partial charge >= 0.3 is 7.60 Å². The molecule has 47 heavy (non-hydrogen) atoms. The topological polar surface area (TPSA) is 153 Å². The molecule has 7 rings (SSSR count). The number of pyridine rings is 1. The number of benzene rings is 1. The van der Waals surface area contributed by atoms with Crippen LogP contribution in [0.15, 0.2) is 42.7 Å². The van der Waals surface area contributed by atoms with E-state index in [9.17, 15) is 33.1 Å². The number of aromatic nitrogens is 1. The number of nitrogens with zero attached hydrogens (tertiary/aromatic N) is 4. The number of carbonyl (C=O) groups is 3. The molecule has 0 saturated carbocycles. The maximum absolute atomic E-state index is 14.3. The van der Waals surface area contributed by atoms with Crippen LogP contribution < -0.4 is 10.2 Å². The summed E-state index contributed by atoms with van der Waals surface area (Å²) in [5, 5.41) is 3.35. The Morgan fingerprint density at radius 3 is 2.64 bits per heavy atom. The summed E-state index contributed by atoms with van der Waals surface area (Å²) in [6.07, 6.45) is 7.16. The van der Waals surface area contributed by atoms with E-state index in [2.05, 4.69) is 15.2 Å². The van der Waals surface area contributed by atoms with Gasteiger partial charge in [-0.15, -0.1) is 11.3 Å². The number of hydrogen-bond acceptors (Lipinski definition) is 8. The molecule has 12 nitrogen and oxygen atoms in total. The molecule has 15 heteroatoms. The first kappa shape index (κ1) is 32.1. The number of anilines is 1. The summed E-state index contributed by atoms with van der Waals surface area (Å²) < 4.78 is 31.7. The van der Waals surface area contributed by atoms with Crippen molar-refractivity contribution >= 4 is 52.4 Å². The van der Waals surface area contributed by atoms with Crippen LogP contribution in [0.2, 0.25) is 0 Å². The van der Waals surface area contributed by atoms with Gasteiger partial charge in [-0.3, -0.25) is 23.9 Å². The van der Waals surface area contributed by atoms with Gasteiger partial charge in [0.1, 0.15) is 12.1 Å². The van der Waals surface area contributed by atoms with Crippen LogP contribution in [-0.4, -0.2) is 99.8 Å². The average Bonchev–Trinajstić information content (AvgIpc) is 3.59. The lowest BCUT2D eigenvalue weighted by atomic mass is 9.89. The average molecular weight is 686 g/mol. The molecule has 0 aliphatic carbocycles. The Morgan fingerprint density at radius 2 is 1.89 bits per heavy atom. The zero-order valence-corrected chi connectivity index (χ0v) is 27.5. The van der Waals surface area contributed by atoms with Crippen molar-refractivity contribution in [2.24, 2.45) is 0 Å². The largest absolute Gasteiger partial charge is 0.378 e. The summed E-state index contributed by atoms with van der Waals surface area (Å²) in [5.41, 5.74) is 2.07. The maximum atomic E-state index is 14.3. The molecule has 4 atom stereocenters. The van der Waals surface area contributed by atoms with E-state index in [-0.39, 0.29) is 35.4 Å². The highest BCUT2D eigenvalue weighted by Gasteiger charge is 2.48. The third kappa shape index (κ3) is 6.06. The minimum Gasteiger partial charge on any atom is -0.378 e. The van der Waals surface area contributed by atoms with Gasteiger partial charge in [-0.2, -0.15) is 0 Å². The van der Waals surface area contributed by atoms with Crippen molar-refractivity contribution in [2.75, 3.05) is 38.2 Å². The van der Waals surface area contributed by atoms with E-state index in [1.54, 1.807) is 18.2 Å². The molecule has 3 N–H and O–H groups in total. The molecule has 2 aromatic heterocycles. The summed E-state index contributed by atoms with van der Waals surface area (Å²) in [7, 11) is -3.26. The number of amides is 3. The van der Waals surface area contributed by atoms with Gasteiger partial charge in [-0.25, -0.2) is 4.39 Å². The van der Waals surface area contributed by atoms with Crippen LogP contribution in [0.25, 0.3) is 10.1 Å². The smallest absolute Gasteiger partial charge is 0.363 e. The predicted octanol–water partition coefficient (Wildman–Crippen LogP) is 3.55. The minimum atomic E-state index is -4.98. The molecule has 0 unspecified atom stereocenters. The quantitative estimate of drug-likeness (QED) is 0.303. The summed E-state index contributed by atoms with van der Waals surface area (Å²) in [6, 6.07) is 6.28. The molecule has 0 radical (unpaired) electrons. The monoisotopic (exact) mass is 685 g/mol. The molecule has 6 heterocycles. The maximum Gasteiger partial charge on any atom is 0.363 e. The predicted molar refractivity (Wildman–Crippen MR) is 173 cm³/mol. The Balaban J connectivity index is 1.01. The summed E-state index contributed by atoms with van der Waals surface area (Å²) in [6.45, 7) is 2.77. The zero-order chi connectivity index (χ0) is 33.0.